The van der Waals surface area contributed by atoms with E-state index in [-0.39, 0.29) is 18.1 Å². The largest absolute Gasteiger partial charge is 0.491 e. The molecule has 23 heavy (non-hydrogen) atoms. The minimum atomic E-state index is -0.00167. The molecule has 3 nitrogen and oxygen atoms in total. The van der Waals surface area contributed by atoms with Gasteiger partial charge in [0, 0.05) is 0 Å². The number of carbonyl (C=O) groups is 1. The number of hydrogen-bond donors (Lipinski definition) is 1. The molecule has 0 radical (unpaired) electrons. The van der Waals surface area contributed by atoms with Gasteiger partial charge in [0.25, 0.3) is 0 Å². The summed E-state index contributed by atoms with van der Waals surface area (Å²) in [5.74, 6) is 0.816. The minimum Gasteiger partial charge on any atom is -0.491 e. The summed E-state index contributed by atoms with van der Waals surface area (Å²) < 4.78 is 5.67. The smallest absolute Gasteiger partial charge is 0.224 e. The molecular weight excluding hydrogens is 286 g/mol. The zero-order chi connectivity index (χ0) is 16.8. The first-order chi connectivity index (χ1) is 10.9. The number of aryl methyl sites for hydroxylation is 1. The Morgan fingerprint density at radius 2 is 1.78 bits per heavy atom. The molecule has 0 saturated heterocycles. The van der Waals surface area contributed by atoms with Gasteiger partial charge in [-0.15, -0.1) is 0 Å². The van der Waals surface area contributed by atoms with Gasteiger partial charge in [-0.25, -0.2) is 0 Å². The van der Waals surface area contributed by atoms with Crippen LogP contribution in [0.3, 0.4) is 0 Å². The SMILES string of the molecule is Cc1ccc(C(C)NC(=O)Cc2cccc(OC(C)C)c2)cc1. The molecule has 3 heteroatoms. The van der Waals surface area contributed by atoms with Crippen molar-refractivity contribution in [3.63, 3.8) is 0 Å². The van der Waals surface area contributed by atoms with Gasteiger partial charge < -0.3 is 10.1 Å². The first kappa shape index (κ1) is 17.1. The standard InChI is InChI=1S/C20H25NO2/c1-14(2)23-19-7-5-6-17(12-19)13-20(22)21-16(4)18-10-8-15(3)9-11-18/h5-12,14,16H,13H2,1-4H3,(H,21,22). The molecule has 1 unspecified atom stereocenters. The van der Waals surface area contributed by atoms with Crippen molar-refractivity contribution < 1.29 is 9.53 Å². The molecule has 2 aromatic rings. The number of nitrogens with one attached hydrogen (secondary N) is 1. The molecular formula is C20H25NO2. The maximum Gasteiger partial charge on any atom is 0.224 e. The fourth-order valence-electron chi connectivity index (χ4n) is 2.42. The van der Waals surface area contributed by atoms with Gasteiger partial charge in [-0.2, -0.15) is 0 Å². The maximum absolute atomic E-state index is 12.2. The Morgan fingerprint density at radius 3 is 2.43 bits per heavy atom. The van der Waals surface area contributed by atoms with Crippen molar-refractivity contribution in [3.05, 3.63) is 65.2 Å². The van der Waals surface area contributed by atoms with Crippen LogP contribution in [-0.2, 0) is 11.2 Å². The molecule has 0 saturated carbocycles. The van der Waals surface area contributed by atoms with Gasteiger partial charge in [0.15, 0.2) is 0 Å². The van der Waals surface area contributed by atoms with E-state index in [0.717, 1.165) is 16.9 Å². The summed E-state index contributed by atoms with van der Waals surface area (Å²) in [6.45, 7) is 8.03. The topological polar surface area (TPSA) is 38.3 Å². The Morgan fingerprint density at radius 1 is 1.09 bits per heavy atom. The van der Waals surface area contributed by atoms with Crippen molar-refractivity contribution >= 4 is 5.91 Å². The Balaban J connectivity index is 1.95. The molecule has 0 aliphatic carbocycles. The number of rotatable bonds is 6. The van der Waals surface area contributed by atoms with E-state index in [0.29, 0.717) is 6.42 Å². The Hall–Kier alpha value is -2.29. The summed E-state index contributed by atoms with van der Waals surface area (Å²) in [6, 6.07) is 15.9. The van der Waals surface area contributed by atoms with Crippen molar-refractivity contribution in [2.24, 2.45) is 0 Å². The molecule has 0 fully saturated rings. The third kappa shape index (κ3) is 5.44. The van der Waals surface area contributed by atoms with Crippen LogP contribution in [0, 0.1) is 6.92 Å². The van der Waals surface area contributed by atoms with Crippen molar-refractivity contribution in [1.82, 2.24) is 5.32 Å². The zero-order valence-electron chi connectivity index (χ0n) is 14.3. The van der Waals surface area contributed by atoms with Crippen LogP contribution in [0.1, 0.15) is 43.5 Å². The average molecular weight is 311 g/mol. The molecule has 1 amide bonds. The summed E-state index contributed by atoms with van der Waals surface area (Å²) in [4.78, 5) is 12.2. The zero-order valence-corrected chi connectivity index (χ0v) is 14.3. The Labute approximate surface area is 138 Å². The van der Waals surface area contributed by atoms with E-state index < -0.39 is 0 Å². The number of hydrogen-bond acceptors (Lipinski definition) is 2. The van der Waals surface area contributed by atoms with Crippen LogP contribution >= 0.6 is 0 Å². The lowest BCUT2D eigenvalue weighted by molar-refractivity contribution is -0.121. The van der Waals surface area contributed by atoms with E-state index in [1.165, 1.54) is 5.56 Å². The van der Waals surface area contributed by atoms with Crippen LogP contribution in [0.4, 0.5) is 0 Å². The predicted octanol–water partition coefficient (Wildman–Crippen LogP) is 4.20. The number of amides is 1. The van der Waals surface area contributed by atoms with E-state index in [9.17, 15) is 4.79 Å². The fraction of sp³-hybridized carbons (Fsp3) is 0.350. The second-order valence-electron chi connectivity index (χ2n) is 6.19. The lowest BCUT2D eigenvalue weighted by Gasteiger charge is -2.15. The molecule has 1 N–H and O–H groups in total. The second-order valence-corrected chi connectivity index (χ2v) is 6.19. The highest BCUT2D eigenvalue weighted by molar-refractivity contribution is 5.79. The van der Waals surface area contributed by atoms with Gasteiger partial charge >= 0.3 is 0 Å². The van der Waals surface area contributed by atoms with Gasteiger partial charge in [0.2, 0.25) is 5.91 Å². The quantitative estimate of drug-likeness (QED) is 0.868. The summed E-state index contributed by atoms with van der Waals surface area (Å²) >= 11 is 0. The van der Waals surface area contributed by atoms with Crippen molar-refractivity contribution in [3.8, 4) is 5.75 Å². The van der Waals surface area contributed by atoms with Gasteiger partial charge in [-0.3, -0.25) is 4.79 Å². The summed E-state index contributed by atoms with van der Waals surface area (Å²) in [6.07, 6.45) is 0.478. The monoisotopic (exact) mass is 311 g/mol. The van der Waals surface area contributed by atoms with Crippen LogP contribution < -0.4 is 10.1 Å². The van der Waals surface area contributed by atoms with E-state index >= 15 is 0 Å². The van der Waals surface area contributed by atoms with Crippen molar-refractivity contribution in [2.75, 3.05) is 0 Å². The lowest BCUT2D eigenvalue weighted by atomic mass is 10.1. The van der Waals surface area contributed by atoms with Gasteiger partial charge in [0.1, 0.15) is 5.75 Å². The number of ether oxygens (including phenoxy) is 1. The fourth-order valence-corrected chi connectivity index (χ4v) is 2.42. The third-order valence-corrected chi connectivity index (χ3v) is 3.59. The van der Waals surface area contributed by atoms with Crippen LogP contribution in [0.2, 0.25) is 0 Å². The molecule has 2 rings (SSSR count). The third-order valence-electron chi connectivity index (χ3n) is 3.59. The average Bonchev–Trinajstić information content (AvgIpc) is 2.47. The molecule has 0 aliphatic heterocycles. The normalized spacial score (nSPS) is 12.0. The van der Waals surface area contributed by atoms with Gasteiger partial charge in [-0.1, -0.05) is 42.0 Å². The van der Waals surface area contributed by atoms with E-state index in [2.05, 4.69) is 36.5 Å². The number of carbonyl (C=O) groups excluding carboxylic acids is 1. The first-order valence-electron chi connectivity index (χ1n) is 8.05. The highest BCUT2D eigenvalue weighted by atomic mass is 16.5. The van der Waals surface area contributed by atoms with Gasteiger partial charge in [-0.05, 0) is 51.0 Å². The van der Waals surface area contributed by atoms with E-state index in [4.69, 9.17) is 4.74 Å². The van der Waals surface area contributed by atoms with E-state index in [1.807, 2.05) is 45.0 Å². The van der Waals surface area contributed by atoms with Crippen molar-refractivity contribution in [1.29, 1.82) is 0 Å². The minimum absolute atomic E-state index is 0.00167. The Bertz CT molecular complexity index is 647. The molecule has 0 aromatic heterocycles. The van der Waals surface area contributed by atoms with Gasteiger partial charge in [0.05, 0.1) is 18.6 Å². The summed E-state index contributed by atoms with van der Waals surface area (Å²) in [5.41, 5.74) is 3.28. The predicted molar refractivity (Wildman–Crippen MR) is 93.6 cm³/mol. The van der Waals surface area contributed by atoms with Crippen molar-refractivity contribution in [2.45, 2.75) is 46.3 Å². The lowest BCUT2D eigenvalue weighted by Crippen LogP contribution is -2.28. The highest BCUT2D eigenvalue weighted by Crippen LogP contribution is 2.17. The maximum atomic E-state index is 12.2. The van der Waals surface area contributed by atoms with Crippen LogP contribution in [0.15, 0.2) is 48.5 Å². The van der Waals surface area contributed by atoms with Crippen LogP contribution in [0.5, 0.6) is 5.75 Å². The molecule has 0 bridgehead atoms. The molecule has 0 spiro atoms. The summed E-state index contributed by atoms with van der Waals surface area (Å²) in [5, 5.41) is 3.04. The Kier molecular flexibility index (Phi) is 5.80. The summed E-state index contributed by atoms with van der Waals surface area (Å²) in [7, 11) is 0. The molecule has 122 valence electrons. The molecule has 1 atom stereocenters. The van der Waals surface area contributed by atoms with Crippen LogP contribution in [0.25, 0.3) is 0 Å². The number of benzene rings is 2. The molecule has 0 heterocycles. The van der Waals surface area contributed by atoms with E-state index in [1.54, 1.807) is 0 Å². The molecule has 0 aliphatic rings. The second kappa shape index (κ2) is 7.82. The first-order valence-corrected chi connectivity index (χ1v) is 8.05. The molecule has 2 aromatic carbocycles. The van der Waals surface area contributed by atoms with Crippen LogP contribution in [-0.4, -0.2) is 12.0 Å². The highest BCUT2D eigenvalue weighted by Gasteiger charge is 2.10.